The minimum atomic E-state index is -0.269. The lowest BCUT2D eigenvalue weighted by atomic mass is 10.1. The molecule has 1 amide bonds. The van der Waals surface area contributed by atoms with E-state index in [4.69, 9.17) is 9.72 Å². The standard InChI is InChI=1S/C25H23N5O2S/c31-24(20-10-4-5-11-21(20)29-12-6-7-13-29)28-26-18-22-23(19-8-2-1-3-9-19)27-25(33-22)30-14-16-32-17-15-30/h1-13,18H,14-17H2,(H,28,31)/b26-18-. The Bertz CT molecular complexity index is 1250. The molecule has 3 heterocycles. The third kappa shape index (κ3) is 4.72. The van der Waals surface area contributed by atoms with E-state index in [0.717, 1.165) is 40.0 Å². The van der Waals surface area contributed by atoms with Crippen molar-refractivity contribution < 1.29 is 9.53 Å². The van der Waals surface area contributed by atoms with Crippen LogP contribution in [0, 0.1) is 0 Å². The first-order valence-electron chi connectivity index (χ1n) is 10.7. The predicted molar refractivity (Wildman–Crippen MR) is 131 cm³/mol. The highest BCUT2D eigenvalue weighted by molar-refractivity contribution is 7.17. The van der Waals surface area contributed by atoms with Gasteiger partial charge in [0.05, 0.1) is 41.3 Å². The maximum Gasteiger partial charge on any atom is 0.273 e. The summed E-state index contributed by atoms with van der Waals surface area (Å²) >= 11 is 1.56. The SMILES string of the molecule is O=C(N/N=C\c1sc(N2CCOCC2)nc1-c1ccccc1)c1ccccc1-n1cccc1. The molecular weight excluding hydrogens is 434 g/mol. The number of amides is 1. The van der Waals surface area contributed by atoms with Gasteiger partial charge in [-0.1, -0.05) is 53.8 Å². The van der Waals surface area contributed by atoms with Crippen LogP contribution in [0.25, 0.3) is 16.9 Å². The molecule has 0 spiro atoms. The molecule has 0 radical (unpaired) electrons. The summed E-state index contributed by atoms with van der Waals surface area (Å²) in [5.74, 6) is -0.269. The number of thiazole rings is 1. The molecule has 1 aliphatic heterocycles. The van der Waals surface area contributed by atoms with Crippen LogP contribution in [0.2, 0.25) is 0 Å². The predicted octanol–water partition coefficient (Wildman–Crippen LogP) is 4.20. The molecule has 0 aliphatic carbocycles. The van der Waals surface area contributed by atoms with Gasteiger partial charge in [-0.05, 0) is 24.3 Å². The maximum absolute atomic E-state index is 12.9. The van der Waals surface area contributed by atoms with Crippen LogP contribution in [-0.2, 0) is 4.74 Å². The minimum absolute atomic E-state index is 0.269. The highest BCUT2D eigenvalue weighted by Crippen LogP contribution is 2.32. The number of nitrogens with zero attached hydrogens (tertiary/aromatic N) is 4. The third-order valence-corrected chi connectivity index (χ3v) is 6.40. The fourth-order valence-electron chi connectivity index (χ4n) is 3.70. The number of morpholine rings is 1. The van der Waals surface area contributed by atoms with Gasteiger partial charge in [-0.15, -0.1) is 0 Å². The number of para-hydroxylation sites is 1. The van der Waals surface area contributed by atoms with E-state index >= 15 is 0 Å². The third-order valence-electron chi connectivity index (χ3n) is 5.35. The van der Waals surface area contributed by atoms with E-state index in [1.807, 2.05) is 77.6 Å². The van der Waals surface area contributed by atoms with E-state index in [1.54, 1.807) is 23.6 Å². The summed E-state index contributed by atoms with van der Waals surface area (Å²) in [7, 11) is 0. The minimum Gasteiger partial charge on any atom is -0.378 e. The molecule has 1 aliphatic rings. The summed E-state index contributed by atoms with van der Waals surface area (Å²) < 4.78 is 7.38. The molecule has 4 aromatic rings. The molecule has 0 atom stereocenters. The number of hydrogen-bond acceptors (Lipinski definition) is 6. The summed E-state index contributed by atoms with van der Waals surface area (Å²) in [5, 5.41) is 5.21. The van der Waals surface area contributed by atoms with Crippen molar-refractivity contribution in [2.24, 2.45) is 5.10 Å². The Labute approximate surface area is 196 Å². The van der Waals surface area contributed by atoms with Gasteiger partial charge >= 0.3 is 0 Å². The average Bonchev–Trinajstić information content (AvgIpc) is 3.56. The van der Waals surface area contributed by atoms with Gasteiger partial charge in [0.1, 0.15) is 0 Å². The number of benzene rings is 2. The molecule has 1 saturated heterocycles. The van der Waals surface area contributed by atoms with Crippen LogP contribution in [0.15, 0.2) is 84.2 Å². The van der Waals surface area contributed by atoms with Crippen molar-refractivity contribution in [1.29, 1.82) is 0 Å². The van der Waals surface area contributed by atoms with E-state index in [1.165, 1.54) is 0 Å². The van der Waals surface area contributed by atoms with E-state index in [2.05, 4.69) is 15.4 Å². The number of hydrazone groups is 1. The van der Waals surface area contributed by atoms with Crippen LogP contribution in [0.1, 0.15) is 15.2 Å². The molecule has 0 unspecified atom stereocenters. The summed E-state index contributed by atoms with van der Waals surface area (Å²) in [6, 6.07) is 21.3. The van der Waals surface area contributed by atoms with E-state index in [-0.39, 0.29) is 5.91 Å². The second kappa shape index (κ2) is 9.81. The Morgan fingerprint density at radius 3 is 2.52 bits per heavy atom. The summed E-state index contributed by atoms with van der Waals surface area (Å²) in [4.78, 5) is 20.9. The lowest BCUT2D eigenvalue weighted by Gasteiger charge is -2.26. The van der Waals surface area contributed by atoms with E-state index < -0.39 is 0 Å². The Kier molecular flexibility index (Phi) is 6.27. The number of nitrogens with one attached hydrogen (secondary N) is 1. The van der Waals surface area contributed by atoms with Gasteiger partial charge in [0, 0.05) is 31.0 Å². The Hall–Kier alpha value is -3.75. The van der Waals surface area contributed by atoms with E-state index in [9.17, 15) is 4.79 Å². The smallest absolute Gasteiger partial charge is 0.273 e. The van der Waals surface area contributed by atoms with Crippen LogP contribution in [0.3, 0.4) is 0 Å². The number of rotatable bonds is 6. The first kappa shape index (κ1) is 21.1. The topological polar surface area (TPSA) is 71.8 Å². The zero-order valence-electron chi connectivity index (χ0n) is 17.9. The van der Waals surface area contributed by atoms with E-state index in [0.29, 0.717) is 18.8 Å². The zero-order valence-corrected chi connectivity index (χ0v) is 18.7. The molecule has 7 nitrogen and oxygen atoms in total. The Balaban J connectivity index is 1.39. The van der Waals surface area contributed by atoms with Crippen molar-refractivity contribution in [3.8, 4) is 16.9 Å². The monoisotopic (exact) mass is 457 g/mol. The van der Waals surface area contributed by atoms with Gasteiger partial charge in [0.25, 0.3) is 5.91 Å². The van der Waals surface area contributed by atoms with Crippen molar-refractivity contribution in [3.05, 3.63) is 89.6 Å². The second-order valence-corrected chi connectivity index (χ2v) is 8.49. The number of carbonyl (C=O) groups is 1. The van der Waals surface area contributed by atoms with Gasteiger partial charge in [-0.2, -0.15) is 5.10 Å². The molecule has 166 valence electrons. The summed E-state index contributed by atoms with van der Waals surface area (Å²) in [5.41, 5.74) is 5.89. The first-order valence-corrected chi connectivity index (χ1v) is 11.6. The molecular formula is C25H23N5O2S. The van der Waals surface area contributed by atoms with Crippen LogP contribution in [-0.4, -0.2) is 48.0 Å². The average molecular weight is 458 g/mol. The highest BCUT2D eigenvalue weighted by atomic mass is 32.1. The first-order chi connectivity index (χ1) is 16.3. The van der Waals surface area contributed by atoms with Crippen LogP contribution < -0.4 is 10.3 Å². The van der Waals surface area contributed by atoms with Crippen molar-refractivity contribution >= 4 is 28.6 Å². The number of hydrogen-bond donors (Lipinski definition) is 1. The van der Waals surface area contributed by atoms with Crippen molar-refractivity contribution in [1.82, 2.24) is 15.0 Å². The number of aromatic nitrogens is 2. The number of carbonyl (C=O) groups excluding carboxylic acids is 1. The van der Waals surface area contributed by atoms with Crippen LogP contribution >= 0.6 is 11.3 Å². The second-order valence-electron chi connectivity index (χ2n) is 7.48. The lowest BCUT2D eigenvalue weighted by Crippen LogP contribution is -2.36. The van der Waals surface area contributed by atoms with Crippen molar-refractivity contribution in [2.75, 3.05) is 31.2 Å². The highest BCUT2D eigenvalue weighted by Gasteiger charge is 2.19. The Morgan fingerprint density at radius 1 is 1.00 bits per heavy atom. The lowest BCUT2D eigenvalue weighted by molar-refractivity contribution is 0.0955. The number of ether oxygens (including phenoxy) is 1. The van der Waals surface area contributed by atoms with Gasteiger partial charge in [-0.25, -0.2) is 10.4 Å². The van der Waals surface area contributed by atoms with Gasteiger partial charge in [0.15, 0.2) is 5.13 Å². The molecule has 0 saturated carbocycles. The fourth-order valence-corrected chi connectivity index (χ4v) is 4.71. The molecule has 1 N–H and O–H groups in total. The number of anilines is 1. The van der Waals surface area contributed by atoms with Crippen LogP contribution in [0.5, 0.6) is 0 Å². The van der Waals surface area contributed by atoms with Crippen molar-refractivity contribution in [3.63, 3.8) is 0 Å². The maximum atomic E-state index is 12.9. The molecule has 8 heteroatoms. The van der Waals surface area contributed by atoms with Crippen molar-refractivity contribution in [2.45, 2.75) is 0 Å². The quantitative estimate of drug-likeness (QED) is 0.348. The fraction of sp³-hybridized carbons (Fsp3) is 0.160. The van der Waals surface area contributed by atoms with Gasteiger partial charge in [0.2, 0.25) is 0 Å². The molecule has 2 aromatic heterocycles. The molecule has 1 fully saturated rings. The molecule has 2 aromatic carbocycles. The largest absolute Gasteiger partial charge is 0.378 e. The van der Waals surface area contributed by atoms with Gasteiger partial charge < -0.3 is 14.2 Å². The normalized spacial score (nSPS) is 14.0. The Morgan fingerprint density at radius 2 is 1.73 bits per heavy atom. The molecule has 5 rings (SSSR count). The summed E-state index contributed by atoms with van der Waals surface area (Å²) in [6.45, 7) is 3.01. The summed E-state index contributed by atoms with van der Waals surface area (Å²) in [6.07, 6.45) is 5.50. The molecule has 0 bridgehead atoms. The molecule has 33 heavy (non-hydrogen) atoms. The van der Waals surface area contributed by atoms with Gasteiger partial charge in [-0.3, -0.25) is 4.79 Å². The zero-order chi connectivity index (χ0) is 22.5. The van der Waals surface area contributed by atoms with Crippen LogP contribution in [0.4, 0.5) is 5.13 Å².